The summed E-state index contributed by atoms with van der Waals surface area (Å²) in [5.74, 6) is -1.05. The third-order valence-corrected chi connectivity index (χ3v) is 7.89. The summed E-state index contributed by atoms with van der Waals surface area (Å²) in [5, 5.41) is 32.2. The van der Waals surface area contributed by atoms with Crippen LogP contribution in [0.5, 0.6) is 0 Å². The van der Waals surface area contributed by atoms with Crippen molar-refractivity contribution in [3.05, 3.63) is 101 Å². The summed E-state index contributed by atoms with van der Waals surface area (Å²) in [4.78, 5) is 25.3. The first kappa shape index (κ1) is 32.3. The molecule has 0 radical (unpaired) electrons. The van der Waals surface area contributed by atoms with Crippen molar-refractivity contribution >= 4 is 17.6 Å². The van der Waals surface area contributed by atoms with Gasteiger partial charge in [-0.2, -0.15) is 0 Å². The molecule has 1 aliphatic heterocycles. The Morgan fingerprint density at radius 1 is 0.953 bits per heavy atom. The van der Waals surface area contributed by atoms with E-state index in [1.807, 2.05) is 86.8 Å². The number of ether oxygens (including phenoxy) is 2. The molecule has 1 amide bonds. The van der Waals surface area contributed by atoms with Gasteiger partial charge in [-0.3, -0.25) is 14.5 Å². The molecule has 1 fully saturated rings. The number of rotatable bonds is 14. The van der Waals surface area contributed by atoms with Crippen molar-refractivity contribution in [1.82, 2.24) is 4.90 Å². The third-order valence-electron chi connectivity index (χ3n) is 7.89. The molecule has 4 rings (SSSR count). The van der Waals surface area contributed by atoms with Crippen LogP contribution in [-0.2, 0) is 25.7 Å². The van der Waals surface area contributed by atoms with Gasteiger partial charge in [0.15, 0.2) is 6.29 Å². The zero-order valence-electron chi connectivity index (χ0n) is 24.8. The summed E-state index contributed by atoms with van der Waals surface area (Å²) in [6.07, 6.45) is -0.0225. The number of anilines is 1. The van der Waals surface area contributed by atoms with E-state index in [1.165, 1.54) is 0 Å². The molecule has 0 bridgehead atoms. The van der Waals surface area contributed by atoms with Gasteiger partial charge in [0.1, 0.15) is 0 Å². The lowest BCUT2D eigenvalue weighted by atomic mass is 9.98. The van der Waals surface area contributed by atoms with E-state index in [0.717, 1.165) is 22.3 Å². The number of hydrogen-bond donors (Lipinski definition) is 4. The standard InChI is InChI=1S/C34H42N2O7/c1-23(33(41)26-9-4-3-5-10-26)36(2)21-29-20-30(25-17-15-24(22-37)16-18-25)43-34(42-29)27-11-8-12-28(19-27)35-31(38)13-6-7-14-32(39)40/h3-5,8-12,15-19,23,29-30,33-34,37,41H,6-7,13-14,20-22H2,1-2H3,(H,35,38)(H,39,40)/t23-,29+,30-,33-,34-/m0/s1. The molecule has 1 saturated heterocycles. The molecule has 1 aliphatic rings. The van der Waals surface area contributed by atoms with E-state index in [4.69, 9.17) is 14.6 Å². The zero-order chi connectivity index (χ0) is 30.8. The van der Waals surface area contributed by atoms with Gasteiger partial charge in [-0.15, -0.1) is 0 Å². The lowest BCUT2D eigenvalue weighted by Gasteiger charge is -2.39. The summed E-state index contributed by atoms with van der Waals surface area (Å²) in [5.41, 5.74) is 4.01. The highest BCUT2D eigenvalue weighted by Crippen LogP contribution is 2.39. The van der Waals surface area contributed by atoms with E-state index in [9.17, 15) is 19.8 Å². The number of carbonyl (C=O) groups excluding carboxylic acids is 1. The smallest absolute Gasteiger partial charge is 0.303 e. The first-order valence-electron chi connectivity index (χ1n) is 14.8. The van der Waals surface area contributed by atoms with E-state index in [1.54, 1.807) is 6.07 Å². The average Bonchev–Trinajstić information content (AvgIpc) is 3.02. The summed E-state index contributed by atoms with van der Waals surface area (Å²) < 4.78 is 12.9. The van der Waals surface area contributed by atoms with Crippen LogP contribution in [0, 0.1) is 0 Å². The van der Waals surface area contributed by atoms with Crippen LogP contribution in [0.25, 0.3) is 0 Å². The minimum atomic E-state index is -0.866. The number of nitrogens with zero attached hydrogens (tertiary/aromatic N) is 1. The van der Waals surface area contributed by atoms with Crippen molar-refractivity contribution in [2.45, 2.75) is 76.3 Å². The lowest BCUT2D eigenvalue weighted by Crippen LogP contribution is -2.43. The minimum absolute atomic E-state index is 0.0370. The van der Waals surface area contributed by atoms with Gasteiger partial charge >= 0.3 is 5.97 Å². The van der Waals surface area contributed by atoms with Gasteiger partial charge in [-0.05, 0) is 55.6 Å². The molecule has 0 unspecified atom stereocenters. The maximum Gasteiger partial charge on any atom is 0.303 e. The summed E-state index contributed by atoms with van der Waals surface area (Å²) in [7, 11) is 1.97. The van der Waals surface area contributed by atoms with Crippen molar-refractivity contribution in [2.24, 2.45) is 0 Å². The molecule has 3 aromatic rings. The van der Waals surface area contributed by atoms with E-state index in [-0.39, 0.29) is 43.6 Å². The highest BCUT2D eigenvalue weighted by Gasteiger charge is 2.34. The molecule has 0 saturated carbocycles. The van der Waals surface area contributed by atoms with Gasteiger partial charge in [0.05, 0.1) is 24.9 Å². The minimum Gasteiger partial charge on any atom is -0.481 e. The Morgan fingerprint density at radius 2 is 1.67 bits per heavy atom. The summed E-state index contributed by atoms with van der Waals surface area (Å²) >= 11 is 0. The molecule has 9 heteroatoms. The molecule has 4 N–H and O–H groups in total. The van der Waals surface area contributed by atoms with Crippen LogP contribution in [0.1, 0.15) is 79.8 Å². The number of likely N-dealkylation sites (N-methyl/N-ethyl adjacent to an activating group) is 1. The number of aliphatic hydroxyl groups is 2. The number of unbranched alkanes of at least 4 members (excludes halogenated alkanes) is 1. The normalized spacial score (nSPS) is 20.0. The van der Waals surface area contributed by atoms with Gasteiger partial charge in [-0.25, -0.2) is 0 Å². The Bertz CT molecular complexity index is 1320. The average molecular weight is 591 g/mol. The fraction of sp³-hybridized carbons (Fsp3) is 0.412. The summed E-state index contributed by atoms with van der Waals surface area (Å²) in [6, 6.07) is 24.5. The number of carboxylic acids is 1. The Labute approximate surface area is 253 Å². The van der Waals surface area contributed by atoms with Crippen molar-refractivity contribution in [3.63, 3.8) is 0 Å². The number of aliphatic carboxylic acids is 1. The van der Waals surface area contributed by atoms with Crippen LogP contribution in [0.15, 0.2) is 78.9 Å². The predicted octanol–water partition coefficient (Wildman–Crippen LogP) is 5.36. The van der Waals surface area contributed by atoms with Gasteiger partial charge in [0.25, 0.3) is 0 Å². The Kier molecular flexibility index (Phi) is 11.8. The quantitative estimate of drug-likeness (QED) is 0.185. The number of benzene rings is 3. The largest absolute Gasteiger partial charge is 0.481 e. The van der Waals surface area contributed by atoms with Crippen molar-refractivity contribution in [1.29, 1.82) is 0 Å². The van der Waals surface area contributed by atoms with E-state index < -0.39 is 18.4 Å². The van der Waals surface area contributed by atoms with Crippen LogP contribution in [0.4, 0.5) is 5.69 Å². The molecule has 3 aromatic carbocycles. The van der Waals surface area contributed by atoms with Crippen molar-refractivity contribution in [2.75, 3.05) is 18.9 Å². The third kappa shape index (κ3) is 9.44. The van der Waals surface area contributed by atoms with Crippen molar-refractivity contribution in [3.8, 4) is 0 Å². The monoisotopic (exact) mass is 590 g/mol. The van der Waals surface area contributed by atoms with Gasteiger partial charge in [0.2, 0.25) is 5.91 Å². The SMILES string of the molecule is C[C@@H]([C@H](O)c1ccccc1)N(C)C[C@H]1C[C@@H](c2ccc(CO)cc2)O[C@@H](c2cccc(NC(=O)CCCCC(=O)O)c2)O1. The zero-order valence-corrected chi connectivity index (χ0v) is 24.8. The second-order valence-corrected chi connectivity index (χ2v) is 11.2. The molecule has 43 heavy (non-hydrogen) atoms. The number of carboxylic acid groups (broad SMARTS) is 1. The summed E-state index contributed by atoms with van der Waals surface area (Å²) in [6.45, 7) is 2.51. The molecule has 230 valence electrons. The number of hydrogen-bond acceptors (Lipinski definition) is 7. The van der Waals surface area contributed by atoms with Crippen molar-refractivity contribution < 1.29 is 34.4 Å². The lowest BCUT2D eigenvalue weighted by molar-refractivity contribution is -0.253. The van der Waals surface area contributed by atoms with Crippen LogP contribution in [0.2, 0.25) is 0 Å². The Balaban J connectivity index is 1.48. The van der Waals surface area contributed by atoms with Crippen LogP contribution < -0.4 is 5.32 Å². The van der Waals surface area contributed by atoms with E-state index in [2.05, 4.69) is 10.2 Å². The molecule has 0 aliphatic carbocycles. The molecule has 0 spiro atoms. The van der Waals surface area contributed by atoms with Gasteiger partial charge in [-0.1, -0.05) is 66.7 Å². The maximum absolute atomic E-state index is 12.5. The molecule has 9 nitrogen and oxygen atoms in total. The molecule has 1 heterocycles. The first-order chi connectivity index (χ1) is 20.7. The molecule has 0 aromatic heterocycles. The fourth-order valence-electron chi connectivity index (χ4n) is 5.24. The van der Waals surface area contributed by atoms with E-state index >= 15 is 0 Å². The number of aliphatic hydroxyl groups excluding tert-OH is 2. The second kappa shape index (κ2) is 15.7. The highest BCUT2D eigenvalue weighted by atomic mass is 16.7. The first-order valence-corrected chi connectivity index (χ1v) is 14.8. The number of amides is 1. The van der Waals surface area contributed by atoms with Gasteiger partial charge < -0.3 is 30.1 Å². The van der Waals surface area contributed by atoms with Gasteiger partial charge in [0, 0.05) is 43.1 Å². The topological polar surface area (TPSA) is 129 Å². The predicted molar refractivity (Wildman–Crippen MR) is 163 cm³/mol. The van der Waals surface area contributed by atoms with Crippen LogP contribution in [0.3, 0.4) is 0 Å². The fourth-order valence-corrected chi connectivity index (χ4v) is 5.24. The number of nitrogens with one attached hydrogen (secondary N) is 1. The molecular formula is C34H42N2O7. The van der Waals surface area contributed by atoms with Crippen LogP contribution >= 0.6 is 0 Å². The Hall–Kier alpha value is -3.60. The Morgan fingerprint density at radius 3 is 2.37 bits per heavy atom. The van der Waals surface area contributed by atoms with E-state index in [0.29, 0.717) is 31.5 Å². The molecular weight excluding hydrogens is 548 g/mol. The number of carbonyl (C=O) groups is 2. The highest BCUT2D eigenvalue weighted by molar-refractivity contribution is 5.90. The van der Waals surface area contributed by atoms with Crippen LogP contribution in [-0.4, -0.2) is 57.8 Å². The molecule has 5 atom stereocenters. The second-order valence-electron chi connectivity index (χ2n) is 11.2. The maximum atomic E-state index is 12.5.